The number of H-pyrrole nitrogens is 1. The standard InChI is InChI=1S/C24H26N6O2/c1-11-16(13(3)30(6)28-11)8-20-23-17-10-21(31-7)18(22-12(2)29-32-14(22)4)9-19(17)27-24(23)26-15(5)25-20/h9-10H,8H2,1-7H3,(H,25,26,27). The number of benzene rings is 1. The molecule has 0 spiro atoms. The van der Waals surface area contributed by atoms with Gasteiger partial charge in [0.25, 0.3) is 0 Å². The molecule has 0 saturated carbocycles. The molecule has 164 valence electrons. The van der Waals surface area contributed by atoms with Crippen LogP contribution in [-0.4, -0.2) is 37.0 Å². The van der Waals surface area contributed by atoms with Gasteiger partial charge in [-0.05, 0) is 46.8 Å². The lowest BCUT2D eigenvalue weighted by Gasteiger charge is -2.10. The highest BCUT2D eigenvalue weighted by atomic mass is 16.5. The van der Waals surface area contributed by atoms with Crippen LogP contribution in [0, 0.1) is 34.6 Å². The Bertz CT molecular complexity index is 1490. The highest BCUT2D eigenvalue weighted by Crippen LogP contribution is 2.40. The highest BCUT2D eigenvalue weighted by molar-refractivity contribution is 6.09. The molecule has 5 aromatic rings. The molecule has 0 saturated heterocycles. The smallest absolute Gasteiger partial charge is 0.142 e. The summed E-state index contributed by atoms with van der Waals surface area (Å²) in [5.74, 6) is 2.25. The van der Waals surface area contributed by atoms with E-state index < -0.39 is 0 Å². The summed E-state index contributed by atoms with van der Waals surface area (Å²) >= 11 is 0. The van der Waals surface area contributed by atoms with Crippen LogP contribution in [-0.2, 0) is 13.5 Å². The van der Waals surface area contributed by atoms with Crippen molar-refractivity contribution in [1.82, 2.24) is 29.9 Å². The number of hydrogen-bond acceptors (Lipinski definition) is 6. The zero-order valence-corrected chi connectivity index (χ0v) is 19.4. The van der Waals surface area contributed by atoms with Gasteiger partial charge < -0.3 is 14.2 Å². The third-order valence-corrected chi connectivity index (χ3v) is 6.26. The van der Waals surface area contributed by atoms with Gasteiger partial charge in [0, 0.05) is 46.6 Å². The monoisotopic (exact) mass is 430 g/mol. The van der Waals surface area contributed by atoms with Crippen molar-refractivity contribution in [3.63, 3.8) is 0 Å². The third-order valence-electron chi connectivity index (χ3n) is 6.26. The summed E-state index contributed by atoms with van der Waals surface area (Å²) in [6.45, 7) is 9.91. The molecule has 0 unspecified atom stereocenters. The van der Waals surface area contributed by atoms with Gasteiger partial charge in [0.15, 0.2) is 0 Å². The van der Waals surface area contributed by atoms with Gasteiger partial charge in [-0.15, -0.1) is 0 Å². The molecule has 0 aliphatic carbocycles. The summed E-state index contributed by atoms with van der Waals surface area (Å²) in [5.41, 5.74) is 8.84. The molecule has 8 heteroatoms. The van der Waals surface area contributed by atoms with E-state index in [1.807, 2.05) is 39.4 Å². The summed E-state index contributed by atoms with van der Waals surface area (Å²) in [4.78, 5) is 13.0. The molecule has 0 bridgehead atoms. The Morgan fingerprint density at radius 2 is 1.84 bits per heavy atom. The minimum atomic E-state index is 0.687. The van der Waals surface area contributed by atoms with Gasteiger partial charge in [0.1, 0.15) is 23.0 Å². The van der Waals surface area contributed by atoms with E-state index >= 15 is 0 Å². The van der Waals surface area contributed by atoms with Crippen molar-refractivity contribution in [2.45, 2.75) is 41.0 Å². The molecular formula is C24H26N6O2. The highest BCUT2D eigenvalue weighted by Gasteiger charge is 2.21. The molecule has 1 N–H and O–H groups in total. The van der Waals surface area contributed by atoms with Crippen molar-refractivity contribution in [3.8, 4) is 16.9 Å². The molecule has 0 atom stereocenters. The second-order valence-electron chi connectivity index (χ2n) is 8.31. The van der Waals surface area contributed by atoms with Crippen LogP contribution in [0.5, 0.6) is 5.75 Å². The number of nitrogens with zero attached hydrogens (tertiary/aromatic N) is 5. The minimum Gasteiger partial charge on any atom is -0.496 e. The van der Waals surface area contributed by atoms with Crippen molar-refractivity contribution < 1.29 is 9.26 Å². The van der Waals surface area contributed by atoms with E-state index in [-0.39, 0.29) is 0 Å². The number of aromatic amines is 1. The van der Waals surface area contributed by atoms with Crippen LogP contribution >= 0.6 is 0 Å². The molecule has 0 amide bonds. The number of ether oxygens (including phenoxy) is 1. The second-order valence-corrected chi connectivity index (χ2v) is 8.31. The first kappa shape index (κ1) is 20.2. The number of rotatable bonds is 4. The molecule has 0 radical (unpaired) electrons. The first-order chi connectivity index (χ1) is 15.3. The predicted octanol–water partition coefficient (Wildman–Crippen LogP) is 4.64. The lowest BCUT2D eigenvalue weighted by atomic mass is 9.99. The SMILES string of the molecule is COc1cc2c(cc1-c1c(C)noc1C)[nH]c1nc(C)nc(Cc3c(C)nn(C)c3C)c12. The maximum atomic E-state index is 5.79. The van der Waals surface area contributed by atoms with E-state index in [4.69, 9.17) is 14.2 Å². The van der Waals surface area contributed by atoms with E-state index in [1.54, 1.807) is 7.11 Å². The lowest BCUT2D eigenvalue weighted by molar-refractivity contribution is 0.393. The quantitative estimate of drug-likeness (QED) is 0.446. The maximum Gasteiger partial charge on any atom is 0.142 e. The maximum absolute atomic E-state index is 5.79. The molecular weight excluding hydrogens is 404 g/mol. The van der Waals surface area contributed by atoms with E-state index in [0.29, 0.717) is 6.42 Å². The number of methoxy groups -OCH3 is 1. The van der Waals surface area contributed by atoms with E-state index in [1.165, 1.54) is 5.56 Å². The number of nitrogens with one attached hydrogen (secondary N) is 1. The van der Waals surface area contributed by atoms with Crippen LogP contribution < -0.4 is 4.74 Å². The van der Waals surface area contributed by atoms with Crippen molar-refractivity contribution in [3.05, 3.63) is 52.1 Å². The van der Waals surface area contributed by atoms with Crippen molar-refractivity contribution in [2.24, 2.45) is 7.05 Å². The zero-order chi connectivity index (χ0) is 22.7. The third kappa shape index (κ3) is 2.97. The average Bonchev–Trinajstić information content (AvgIpc) is 3.35. The Morgan fingerprint density at radius 1 is 1.06 bits per heavy atom. The Hall–Kier alpha value is -3.68. The van der Waals surface area contributed by atoms with Crippen LogP contribution in [0.1, 0.15) is 39.9 Å². The van der Waals surface area contributed by atoms with Crippen LogP contribution in [0.15, 0.2) is 16.7 Å². The number of aromatic nitrogens is 6. The summed E-state index contributed by atoms with van der Waals surface area (Å²) < 4.78 is 13.1. The van der Waals surface area contributed by atoms with Gasteiger partial charge in [0.2, 0.25) is 0 Å². The van der Waals surface area contributed by atoms with Gasteiger partial charge in [0.05, 0.1) is 29.8 Å². The Kier molecular flexibility index (Phi) is 4.54. The van der Waals surface area contributed by atoms with Crippen LogP contribution in [0.3, 0.4) is 0 Å². The van der Waals surface area contributed by atoms with Crippen LogP contribution in [0.2, 0.25) is 0 Å². The normalized spacial score (nSPS) is 11.7. The summed E-state index contributed by atoms with van der Waals surface area (Å²) in [7, 11) is 3.65. The second kappa shape index (κ2) is 7.19. The zero-order valence-electron chi connectivity index (χ0n) is 19.4. The van der Waals surface area contributed by atoms with E-state index in [0.717, 1.165) is 73.2 Å². The minimum absolute atomic E-state index is 0.687. The number of aryl methyl sites for hydroxylation is 5. The van der Waals surface area contributed by atoms with Crippen molar-refractivity contribution in [2.75, 3.05) is 7.11 Å². The van der Waals surface area contributed by atoms with Crippen LogP contribution in [0.25, 0.3) is 33.1 Å². The molecule has 4 aromatic heterocycles. The van der Waals surface area contributed by atoms with E-state index in [2.05, 4.69) is 39.3 Å². The molecule has 0 aliphatic rings. The molecule has 8 nitrogen and oxygen atoms in total. The van der Waals surface area contributed by atoms with Gasteiger partial charge in [-0.1, -0.05) is 5.16 Å². The van der Waals surface area contributed by atoms with Crippen LogP contribution in [0.4, 0.5) is 0 Å². The molecule has 0 fully saturated rings. The largest absolute Gasteiger partial charge is 0.496 e. The Labute approximate surface area is 185 Å². The summed E-state index contributed by atoms with van der Waals surface area (Å²) in [6, 6.07) is 4.14. The Balaban J connectivity index is 1.77. The fraction of sp³-hybridized carbons (Fsp3) is 0.333. The fourth-order valence-electron chi connectivity index (χ4n) is 4.62. The van der Waals surface area contributed by atoms with E-state index in [9.17, 15) is 0 Å². The summed E-state index contributed by atoms with van der Waals surface area (Å²) in [6.07, 6.45) is 0.687. The topological polar surface area (TPSA) is 94.7 Å². The first-order valence-corrected chi connectivity index (χ1v) is 10.6. The molecule has 0 aliphatic heterocycles. The Morgan fingerprint density at radius 3 is 2.47 bits per heavy atom. The molecule has 4 heterocycles. The van der Waals surface area contributed by atoms with Crippen molar-refractivity contribution in [1.29, 1.82) is 0 Å². The van der Waals surface area contributed by atoms with Gasteiger partial charge in [-0.25, -0.2) is 9.97 Å². The number of hydrogen-bond donors (Lipinski definition) is 1. The molecule has 32 heavy (non-hydrogen) atoms. The lowest BCUT2D eigenvalue weighted by Crippen LogP contribution is -2.00. The predicted molar refractivity (Wildman–Crippen MR) is 123 cm³/mol. The van der Waals surface area contributed by atoms with Gasteiger partial charge >= 0.3 is 0 Å². The first-order valence-electron chi connectivity index (χ1n) is 10.6. The fourth-order valence-corrected chi connectivity index (χ4v) is 4.62. The molecule has 5 rings (SSSR count). The van der Waals surface area contributed by atoms with Crippen molar-refractivity contribution >= 4 is 21.9 Å². The molecule has 1 aromatic carbocycles. The van der Waals surface area contributed by atoms with Gasteiger partial charge in [-0.2, -0.15) is 5.10 Å². The summed E-state index contributed by atoms with van der Waals surface area (Å²) in [5, 5.41) is 10.7. The van der Waals surface area contributed by atoms with Gasteiger partial charge in [-0.3, -0.25) is 4.68 Å². The number of fused-ring (bicyclic) bond motifs is 3. The average molecular weight is 431 g/mol.